The van der Waals surface area contributed by atoms with E-state index in [4.69, 9.17) is 17.0 Å². The largest absolute Gasteiger partial charge is 0.450 e. The zero-order valence-electron chi connectivity index (χ0n) is 13.5. The Morgan fingerprint density at radius 2 is 2.00 bits per heavy atom. The van der Waals surface area contributed by atoms with Gasteiger partial charge in [-0.15, -0.1) is 0 Å². The van der Waals surface area contributed by atoms with E-state index in [0.29, 0.717) is 16.9 Å². The van der Waals surface area contributed by atoms with E-state index >= 15 is 0 Å². The monoisotopic (exact) mass is 380 g/mol. The lowest BCUT2D eigenvalue weighted by Gasteiger charge is -2.09. The summed E-state index contributed by atoms with van der Waals surface area (Å²) in [5.41, 5.74) is 1.31. The van der Waals surface area contributed by atoms with Crippen molar-refractivity contribution in [3.63, 3.8) is 0 Å². The first-order valence-corrected chi connectivity index (χ1v) is 9.46. The molecule has 10 heteroatoms. The maximum atomic E-state index is 11.6. The Kier molecular flexibility index (Phi) is 5.99. The molecular formula is C15H16N4O4S2. The summed E-state index contributed by atoms with van der Waals surface area (Å²) in [5.74, 6) is 0.415. The topological polar surface area (TPSA) is 110 Å². The Morgan fingerprint density at radius 1 is 1.24 bits per heavy atom. The Balaban J connectivity index is 2.10. The van der Waals surface area contributed by atoms with Crippen molar-refractivity contribution in [1.82, 2.24) is 15.3 Å². The van der Waals surface area contributed by atoms with E-state index in [1.54, 1.807) is 31.5 Å². The van der Waals surface area contributed by atoms with Crippen LogP contribution in [0.15, 0.2) is 41.7 Å². The maximum absolute atomic E-state index is 11.6. The molecule has 0 saturated heterocycles. The third-order valence-corrected chi connectivity index (χ3v) is 4.25. The first-order valence-electron chi connectivity index (χ1n) is 7.16. The van der Waals surface area contributed by atoms with Crippen molar-refractivity contribution >= 4 is 39.1 Å². The molecule has 0 spiro atoms. The zero-order valence-corrected chi connectivity index (χ0v) is 15.1. The van der Waals surface area contributed by atoms with Crippen LogP contribution in [0.5, 0.6) is 0 Å². The van der Waals surface area contributed by atoms with Gasteiger partial charge in [-0.25, -0.2) is 18.2 Å². The van der Waals surface area contributed by atoms with E-state index in [9.17, 15) is 13.2 Å². The van der Waals surface area contributed by atoms with Gasteiger partial charge in [0.2, 0.25) is 0 Å². The standard InChI is InChI=1S/C15H16N4O4S2/c1-3-23-15(20)19-14(24)18-13-5-4-10(8-17-13)11-6-12(9-16-7-11)25(2,21)22/h4-9H,3H2,1-2H3,(H2,17,18,19,20,24). The van der Waals surface area contributed by atoms with Gasteiger partial charge < -0.3 is 10.1 Å². The maximum Gasteiger partial charge on any atom is 0.413 e. The molecule has 2 heterocycles. The number of hydrogen-bond donors (Lipinski definition) is 2. The van der Waals surface area contributed by atoms with Crippen LogP contribution in [0.25, 0.3) is 11.1 Å². The molecule has 1 amide bonds. The van der Waals surface area contributed by atoms with Crippen molar-refractivity contribution in [1.29, 1.82) is 0 Å². The first-order chi connectivity index (χ1) is 11.8. The Bertz CT molecular complexity index is 883. The molecule has 132 valence electrons. The Hall–Kier alpha value is -2.59. The van der Waals surface area contributed by atoms with Crippen LogP contribution in [0.3, 0.4) is 0 Å². The lowest BCUT2D eigenvalue weighted by molar-refractivity contribution is 0.158. The van der Waals surface area contributed by atoms with Gasteiger partial charge in [-0.05, 0) is 37.3 Å². The van der Waals surface area contributed by atoms with Gasteiger partial charge in [0.15, 0.2) is 14.9 Å². The number of nitrogens with one attached hydrogen (secondary N) is 2. The smallest absolute Gasteiger partial charge is 0.413 e. The molecule has 2 N–H and O–H groups in total. The number of alkyl carbamates (subject to hydrolysis) is 1. The molecule has 0 aromatic carbocycles. The van der Waals surface area contributed by atoms with Crippen LogP contribution in [0, 0.1) is 0 Å². The molecular weight excluding hydrogens is 364 g/mol. The highest BCUT2D eigenvalue weighted by Gasteiger charge is 2.10. The lowest BCUT2D eigenvalue weighted by Crippen LogP contribution is -2.34. The molecule has 0 aliphatic rings. The molecule has 0 radical (unpaired) electrons. The molecule has 0 unspecified atom stereocenters. The number of amides is 1. The van der Waals surface area contributed by atoms with Crippen LogP contribution in [-0.4, -0.2) is 42.5 Å². The molecule has 2 rings (SSSR count). The van der Waals surface area contributed by atoms with Crippen LogP contribution >= 0.6 is 12.2 Å². The molecule has 2 aromatic rings. The highest BCUT2D eigenvalue weighted by atomic mass is 32.2. The predicted molar refractivity (Wildman–Crippen MR) is 97.0 cm³/mol. The van der Waals surface area contributed by atoms with Crippen LogP contribution < -0.4 is 10.6 Å². The molecule has 25 heavy (non-hydrogen) atoms. The minimum atomic E-state index is -3.34. The van der Waals surface area contributed by atoms with E-state index < -0.39 is 15.9 Å². The SMILES string of the molecule is CCOC(=O)NC(=S)Nc1ccc(-c2cncc(S(C)(=O)=O)c2)cn1. The summed E-state index contributed by atoms with van der Waals surface area (Å²) in [7, 11) is -3.34. The lowest BCUT2D eigenvalue weighted by atomic mass is 10.1. The summed E-state index contributed by atoms with van der Waals surface area (Å²) >= 11 is 4.97. The van der Waals surface area contributed by atoms with Gasteiger partial charge in [0.05, 0.1) is 11.5 Å². The van der Waals surface area contributed by atoms with Gasteiger partial charge in [0.25, 0.3) is 0 Å². The second-order valence-corrected chi connectivity index (χ2v) is 7.34. The fraction of sp³-hybridized carbons (Fsp3) is 0.200. The second kappa shape index (κ2) is 7.99. The molecule has 0 atom stereocenters. The predicted octanol–water partition coefficient (Wildman–Crippen LogP) is 1.99. The number of hydrogen-bond acceptors (Lipinski definition) is 7. The molecule has 0 bridgehead atoms. The average molecular weight is 380 g/mol. The van der Waals surface area contributed by atoms with E-state index in [0.717, 1.165) is 6.26 Å². The summed E-state index contributed by atoms with van der Waals surface area (Å²) in [4.78, 5) is 19.5. The summed E-state index contributed by atoms with van der Waals surface area (Å²) in [6.45, 7) is 1.92. The number of pyridine rings is 2. The van der Waals surface area contributed by atoms with Gasteiger partial charge in [-0.1, -0.05) is 0 Å². The Morgan fingerprint density at radius 3 is 2.60 bits per heavy atom. The summed E-state index contributed by atoms with van der Waals surface area (Å²) in [6, 6.07) is 4.90. The average Bonchev–Trinajstić information content (AvgIpc) is 2.55. The zero-order chi connectivity index (χ0) is 18.4. The number of carbonyl (C=O) groups excluding carboxylic acids is 1. The van der Waals surface area contributed by atoms with Gasteiger partial charge in [-0.2, -0.15) is 0 Å². The van der Waals surface area contributed by atoms with E-state index in [2.05, 4.69) is 20.6 Å². The first kappa shape index (κ1) is 18.7. The number of nitrogens with zero attached hydrogens (tertiary/aromatic N) is 2. The molecule has 0 fully saturated rings. The summed E-state index contributed by atoms with van der Waals surface area (Å²) in [6.07, 6.45) is 4.85. The van der Waals surface area contributed by atoms with Crippen molar-refractivity contribution in [2.75, 3.05) is 18.2 Å². The minimum Gasteiger partial charge on any atom is -0.450 e. The van der Waals surface area contributed by atoms with Gasteiger partial charge >= 0.3 is 6.09 Å². The van der Waals surface area contributed by atoms with E-state index in [1.165, 1.54) is 12.3 Å². The van der Waals surface area contributed by atoms with Gasteiger partial charge in [0, 0.05) is 36.0 Å². The van der Waals surface area contributed by atoms with Crippen LogP contribution in [0.2, 0.25) is 0 Å². The minimum absolute atomic E-state index is 0.0550. The Labute approximate surface area is 150 Å². The fourth-order valence-corrected chi connectivity index (χ4v) is 2.61. The van der Waals surface area contributed by atoms with Crippen LogP contribution in [-0.2, 0) is 14.6 Å². The number of sulfone groups is 1. The molecule has 0 aliphatic carbocycles. The number of aromatic nitrogens is 2. The van der Waals surface area contributed by atoms with Gasteiger partial charge in [-0.3, -0.25) is 10.3 Å². The number of carbonyl (C=O) groups is 1. The number of thiocarbonyl (C=S) groups is 1. The summed E-state index contributed by atoms with van der Waals surface area (Å²) < 4.78 is 27.9. The molecule has 0 aliphatic heterocycles. The fourth-order valence-electron chi connectivity index (χ4n) is 1.83. The third-order valence-electron chi connectivity index (χ3n) is 2.97. The molecule has 2 aromatic heterocycles. The van der Waals surface area contributed by atoms with Crippen molar-refractivity contribution in [3.8, 4) is 11.1 Å². The number of anilines is 1. The molecule has 0 saturated carbocycles. The van der Waals surface area contributed by atoms with Crippen molar-refractivity contribution < 1.29 is 17.9 Å². The third kappa shape index (κ3) is 5.47. The highest BCUT2D eigenvalue weighted by molar-refractivity contribution is 7.90. The van der Waals surface area contributed by atoms with Crippen LogP contribution in [0.4, 0.5) is 10.6 Å². The van der Waals surface area contributed by atoms with E-state index in [-0.39, 0.29) is 16.6 Å². The van der Waals surface area contributed by atoms with Gasteiger partial charge in [0.1, 0.15) is 5.82 Å². The number of ether oxygens (including phenoxy) is 1. The van der Waals surface area contributed by atoms with Crippen molar-refractivity contribution in [3.05, 3.63) is 36.8 Å². The highest BCUT2D eigenvalue weighted by Crippen LogP contribution is 2.21. The van der Waals surface area contributed by atoms with E-state index in [1.807, 2.05) is 0 Å². The van der Waals surface area contributed by atoms with Crippen molar-refractivity contribution in [2.45, 2.75) is 11.8 Å². The quantitative estimate of drug-likeness (QED) is 0.775. The van der Waals surface area contributed by atoms with Crippen LogP contribution in [0.1, 0.15) is 6.92 Å². The second-order valence-electron chi connectivity index (χ2n) is 4.91. The molecule has 8 nitrogen and oxygen atoms in total. The van der Waals surface area contributed by atoms with Crippen molar-refractivity contribution in [2.24, 2.45) is 0 Å². The normalized spacial score (nSPS) is 10.8. The number of rotatable bonds is 4. The summed E-state index contributed by atoms with van der Waals surface area (Å²) in [5, 5.41) is 5.14.